The van der Waals surface area contributed by atoms with Crippen LogP contribution in [0.4, 0.5) is 0 Å². The van der Waals surface area contributed by atoms with Crippen LogP contribution in [0.3, 0.4) is 0 Å². The topological polar surface area (TPSA) is 61.2 Å². The molecule has 0 aliphatic rings. The van der Waals surface area contributed by atoms with Gasteiger partial charge >= 0.3 is 0 Å². The van der Waals surface area contributed by atoms with Crippen LogP contribution in [0.1, 0.15) is 0 Å². The summed E-state index contributed by atoms with van der Waals surface area (Å²) in [5.74, 6) is 1.49. The van der Waals surface area contributed by atoms with Gasteiger partial charge in [0.25, 0.3) is 0 Å². The van der Waals surface area contributed by atoms with Gasteiger partial charge in [-0.2, -0.15) is 0 Å². The Kier molecular flexibility index (Phi) is 6.08. The minimum absolute atomic E-state index is 0.682. The van der Waals surface area contributed by atoms with Crippen molar-refractivity contribution in [2.45, 2.75) is 0 Å². The standard InChI is InChI=1S/C43H27N5O/c1-4-13-28(14-5-1)35-27-36(29-15-6-2-7-16-29)45-41(44-35)32-18-12-17-30(25-32)31-23-24-38-37(26-31)46-43-47(33-19-8-3-9-20-33)42-40(48(38)43)34-21-10-11-22-39(34)49-42/h1-27H. The van der Waals surface area contributed by atoms with Crippen LogP contribution in [-0.4, -0.2) is 23.9 Å². The van der Waals surface area contributed by atoms with Crippen molar-refractivity contribution in [2.24, 2.45) is 0 Å². The van der Waals surface area contributed by atoms with E-state index in [-0.39, 0.29) is 0 Å². The highest BCUT2D eigenvalue weighted by molar-refractivity contribution is 6.06. The highest BCUT2D eigenvalue weighted by Gasteiger charge is 2.23. The maximum atomic E-state index is 6.44. The molecule has 10 aromatic rings. The molecule has 0 saturated heterocycles. The van der Waals surface area contributed by atoms with E-state index < -0.39 is 0 Å². The zero-order valence-corrected chi connectivity index (χ0v) is 26.2. The van der Waals surface area contributed by atoms with E-state index in [0.29, 0.717) is 5.82 Å². The number of hydrogen-bond donors (Lipinski definition) is 0. The SMILES string of the molecule is c1ccc(-c2cc(-c3ccccc3)nc(-c3cccc(-c4ccc5c(c4)nc4n(-c6ccccc6)c6oc7ccccc7c6n54)c3)n2)cc1. The van der Waals surface area contributed by atoms with Gasteiger partial charge in [-0.25, -0.2) is 19.5 Å². The lowest BCUT2D eigenvalue weighted by Crippen LogP contribution is -1.96. The molecule has 0 atom stereocenters. The molecule has 6 nitrogen and oxygen atoms in total. The van der Waals surface area contributed by atoms with Gasteiger partial charge in [0.15, 0.2) is 5.82 Å². The van der Waals surface area contributed by atoms with Gasteiger partial charge in [-0.1, -0.05) is 115 Å². The van der Waals surface area contributed by atoms with Crippen LogP contribution < -0.4 is 0 Å². The fourth-order valence-electron chi connectivity index (χ4n) is 6.83. The first-order valence-electron chi connectivity index (χ1n) is 16.3. The Morgan fingerprint density at radius 2 is 1.08 bits per heavy atom. The van der Waals surface area contributed by atoms with Gasteiger partial charge in [0.05, 0.1) is 28.1 Å². The Morgan fingerprint density at radius 3 is 1.82 bits per heavy atom. The van der Waals surface area contributed by atoms with Crippen molar-refractivity contribution in [3.63, 3.8) is 0 Å². The van der Waals surface area contributed by atoms with Gasteiger partial charge < -0.3 is 4.42 Å². The lowest BCUT2D eigenvalue weighted by atomic mass is 10.0. The van der Waals surface area contributed by atoms with Crippen molar-refractivity contribution in [3.8, 4) is 50.7 Å². The summed E-state index contributed by atoms with van der Waals surface area (Å²) >= 11 is 0. The van der Waals surface area contributed by atoms with Gasteiger partial charge in [-0.05, 0) is 59.7 Å². The van der Waals surface area contributed by atoms with Crippen LogP contribution in [0.2, 0.25) is 0 Å². The number of furan rings is 1. The Labute approximate surface area is 281 Å². The van der Waals surface area contributed by atoms with E-state index in [1.807, 2.05) is 66.7 Å². The Balaban J connectivity index is 1.13. The number of imidazole rings is 2. The number of aromatic nitrogens is 5. The quantitative estimate of drug-likeness (QED) is 0.190. The Bertz CT molecular complexity index is 2760. The first-order valence-corrected chi connectivity index (χ1v) is 16.3. The van der Waals surface area contributed by atoms with E-state index in [1.54, 1.807) is 0 Å². The highest BCUT2D eigenvalue weighted by atomic mass is 16.3. The molecule has 0 bridgehead atoms. The van der Waals surface area contributed by atoms with Crippen LogP contribution in [-0.2, 0) is 0 Å². The summed E-state index contributed by atoms with van der Waals surface area (Å²) in [4.78, 5) is 15.3. The Morgan fingerprint density at radius 1 is 0.469 bits per heavy atom. The largest absolute Gasteiger partial charge is 0.437 e. The summed E-state index contributed by atoms with van der Waals surface area (Å²) < 4.78 is 10.8. The summed E-state index contributed by atoms with van der Waals surface area (Å²) in [7, 11) is 0. The van der Waals surface area contributed by atoms with Crippen molar-refractivity contribution in [1.82, 2.24) is 23.9 Å². The Hall–Kier alpha value is -6.79. The van der Waals surface area contributed by atoms with Crippen molar-refractivity contribution < 1.29 is 4.42 Å². The van der Waals surface area contributed by atoms with Gasteiger partial charge in [-0.15, -0.1) is 0 Å². The molecular weight excluding hydrogens is 603 g/mol. The fraction of sp³-hybridized carbons (Fsp3) is 0. The average Bonchev–Trinajstić information content (AvgIpc) is 3.82. The molecule has 0 aliphatic carbocycles. The second-order valence-electron chi connectivity index (χ2n) is 12.1. The van der Waals surface area contributed by atoms with E-state index >= 15 is 0 Å². The number of fused-ring (bicyclic) bond motifs is 7. The summed E-state index contributed by atoms with van der Waals surface area (Å²) in [5.41, 5.74) is 12.5. The fourth-order valence-corrected chi connectivity index (χ4v) is 6.83. The molecule has 0 radical (unpaired) electrons. The lowest BCUT2D eigenvalue weighted by molar-refractivity contribution is 0.645. The van der Waals surface area contributed by atoms with Gasteiger partial charge in [0, 0.05) is 22.1 Å². The third-order valence-corrected chi connectivity index (χ3v) is 9.15. The number of para-hydroxylation sites is 2. The van der Waals surface area contributed by atoms with E-state index in [0.717, 1.165) is 83.9 Å². The van der Waals surface area contributed by atoms with Crippen molar-refractivity contribution >= 4 is 39.0 Å². The molecule has 6 heteroatoms. The molecule has 230 valence electrons. The number of rotatable bonds is 5. The van der Waals surface area contributed by atoms with Crippen LogP contribution in [0.5, 0.6) is 0 Å². The van der Waals surface area contributed by atoms with Crippen molar-refractivity contribution in [3.05, 3.63) is 164 Å². The number of nitrogens with zero attached hydrogens (tertiary/aromatic N) is 5. The van der Waals surface area contributed by atoms with E-state index in [1.165, 1.54) is 0 Å². The van der Waals surface area contributed by atoms with Gasteiger partial charge in [-0.3, -0.25) is 4.40 Å². The van der Waals surface area contributed by atoms with E-state index in [2.05, 4.69) is 106 Å². The van der Waals surface area contributed by atoms with E-state index in [9.17, 15) is 0 Å². The summed E-state index contributed by atoms with van der Waals surface area (Å²) in [5, 5.41) is 1.06. The average molecular weight is 630 g/mol. The van der Waals surface area contributed by atoms with Crippen LogP contribution in [0, 0.1) is 0 Å². The molecule has 0 unspecified atom stereocenters. The van der Waals surface area contributed by atoms with Crippen molar-refractivity contribution in [2.75, 3.05) is 0 Å². The molecule has 6 aromatic carbocycles. The second kappa shape index (κ2) is 10.9. The monoisotopic (exact) mass is 629 g/mol. The maximum Gasteiger partial charge on any atom is 0.232 e. The van der Waals surface area contributed by atoms with Gasteiger partial charge in [0.2, 0.25) is 11.5 Å². The molecule has 4 heterocycles. The van der Waals surface area contributed by atoms with Gasteiger partial charge in [0.1, 0.15) is 11.1 Å². The second-order valence-corrected chi connectivity index (χ2v) is 12.1. The summed E-state index contributed by atoms with van der Waals surface area (Å²) in [6.45, 7) is 0. The molecular formula is C43H27N5O. The van der Waals surface area contributed by atoms with E-state index in [4.69, 9.17) is 19.4 Å². The van der Waals surface area contributed by atoms with Crippen LogP contribution in [0.25, 0.3) is 89.7 Å². The third kappa shape index (κ3) is 4.46. The minimum atomic E-state index is 0.682. The number of hydrogen-bond acceptors (Lipinski definition) is 4. The lowest BCUT2D eigenvalue weighted by Gasteiger charge is -2.10. The highest BCUT2D eigenvalue weighted by Crippen LogP contribution is 2.37. The summed E-state index contributed by atoms with van der Waals surface area (Å²) in [6, 6.07) is 56.0. The number of benzene rings is 6. The molecule has 0 N–H and O–H groups in total. The molecule has 4 aromatic heterocycles. The smallest absolute Gasteiger partial charge is 0.232 e. The molecule has 0 spiro atoms. The zero-order valence-electron chi connectivity index (χ0n) is 26.2. The van der Waals surface area contributed by atoms with Crippen LogP contribution >= 0.6 is 0 Å². The first kappa shape index (κ1) is 27.3. The first-order chi connectivity index (χ1) is 24.3. The minimum Gasteiger partial charge on any atom is -0.437 e. The predicted molar refractivity (Wildman–Crippen MR) is 197 cm³/mol. The normalized spacial score (nSPS) is 11.7. The summed E-state index contributed by atoms with van der Waals surface area (Å²) in [6.07, 6.45) is 0. The molecule has 0 aliphatic heterocycles. The predicted octanol–water partition coefficient (Wildman–Crippen LogP) is 10.6. The molecule has 49 heavy (non-hydrogen) atoms. The third-order valence-electron chi connectivity index (χ3n) is 9.15. The van der Waals surface area contributed by atoms with Crippen molar-refractivity contribution in [1.29, 1.82) is 0 Å². The maximum absolute atomic E-state index is 6.44. The molecule has 0 amide bonds. The zero-order chi connectivity index (χ0) is 32.3. The molecule has 0 saturated carbocycles. The van der Waals surface area contributed by atoms with Crippen LogP contribution in [0.15, 0.2) is 168 Å². The molecule has 0 fully saturated rings. The molecule has 10 rings (SSSR count).